The molecule has 0 radical (unpaired) electrons. The lowest BCUT2D eigenvalue weighted by Crippen LogP contribution is -2.44. The minimum absolute atomic E-state index is 0.0184. The van der Waals surface area contributed by atoms with Crippen molar-refractivity contribution >= 4 is 28.9 Å². The van der Waals surface area contributed by atoms with E-state index in [0.29, 0.717) is 18.4 Å². The van der Waals surface area contributed by atoms with Crippen LogP contribution in [0.5, 0.6) is 5.75 Å². The predicted molar refractivity (Wildman–Crippen MR) is 108 cm³/mol. The summed E-state index contributed by atoms with van der Waals surface area (Å²) < 4.78 is 56.1. The van der Waals surface area contributed by atoms with E-state index in [0.717, 1.165) is 0 Å². The molecule has 0 bridgehead atoms. The molecule has 3 atom stereocenters. The molecular formula is C18H28F2N2O3S2. The number of halogens is 2. The molecule has 0 saturated heterocycles. The quantitative estimate of drug-likeness (QED) is 0.456. The Kier molecular flexibility index (Phi) is 9.01. The molecule has 0 aromatic heterocycles. The fraction of sp³-hybridized carbons (Fsp3) is 0.611. The number of nitrogens with two attached hydrogens (primary N) is 1. The van der Waals surface area contributed by atoms with Gasteiger partial charge in [-0.25, -0.2) is 0 Å². The van der Waals surface area contributed by atoms with Gasteiger partial charge in [-0.3, -0.25) is 0 Å². The second-order valence-corrected chi connectivity index (χ2v) is 11.0. The molecule has 0 heterocycles. The van der Waals surface area contributed by atoms with Crippen LogP contribution in [0, 0.1) is 5.92 Å². The lowest BCUT2D eigenvalue weighted by Gasteiger charge is -2.32. The van der Waals surface area contributed by atoms with Crippen LogP contribution in [-0.2, 0) is 22.7 Å². The maximum atomic E-state index is 12.6. The Bertz CT molecular complexity index is 628. The maximum absolute atomic E-state index is 12.6. The third-order valence-electron chi connectivity index (χ3n) is 4.74. The fourth-order valence-corrected chi connectivity index (χ4v) is 3.53. The number of hydrogen-bond donors (Lipinski definition) is 1. The van der Waals surface area contributed by atoms with Crippen LogP contribution < -0.4 is 9.88 Å². The first-order valence-corrected chi connectivity index (χ1v) is 10.9. The molecule has 0 amide bonds. The number of nitrogens with zero attached hydrogens (tertiary/aromatic N) is 1. The fourth-order valence-electron chi connectivity index (χ4n) is 2.22. The van der Waals surface area contributed by atoms with E-state index in [1.54, 1.807) is 12.1 Å². The second kappa shape index (κ2) is 10.1. The number of hydrogen-bond acceptors (Lipinski definition) is 5. The molecule has 154 valence electrons. The average Bonchev–Trinajstić information content (AvgIpc) is 2.57. The molecule has 5 nitrogen and oxygen atoms in total. The van der Waals surface area contributed by atoms with Gasteiger partial charge in [0.25, 0.3) is 0 Å². The average molecular weight is 423 g/mol. The topological polar surface area (TPSA) is 93.7 Å². The molecule has 0 aliphatic rings. The summed E-state index contributed by atoms with van der Waals surface area (Å²) in [5.41, 5.74) is 0.519. The van der Waals surface area contributed by atoms with Crippen molar-refractivity contribution in [3.8, 4) is 5.75 Å². The van der Waals surface area contributed by atoms with Crippen LogP contribution in [0.15, 0.2) is 28.7 Å². The van der Waals surface area contributed by atoms with Crippen LogP contribution in [0.25, 0.3) is 0 Å². The zero-order valence-corrected chi connectivity index (χ0v) is 17.9. The van der Waals surface area contributed by atoms with Gasteiger partial charge in [0, 0.05) is 29.3 Å². The molecule has 0 aliphatic heterocycles. The number of rotatable bonds is 10. The van der Waals surface area contributed by atoms with Crippen molar-refractivity contribution in [3.63, 3.8) is 0 Å². The molecule has 1 aromatic carbocycles. The van der Waals surface area contributed by atoms with Gasteiger partial charge < -0.3 is 13.8 Å². The normalized spacial score (nSPS) is 16.6. The highest BCUT2D eigenvalue weighted by molar-refractivity contribution is 7.91. The van der Waals surface area contributed by atoms with E-state index in [1.807, 2.05) is 34.6 Å². The molecule has 9 heteroatoms. The van der Waals surface area contributed by atoms with E-state index in [1.165, 1.54) is 18.3 Å². The third kappa shape index (κ3) is 7.57. The van der Waals surface area contributed by atoms with Gasteiger partial charge >= 0.3 is 6.61 Å². The molecule has 0 fully saturated rings. The number of benzene rings is 1. The first-order chi connectivity index (χ1) is 12.4. The minimum atomic E-state index is -2.90. The van der Waals surface area contributed by atoms with Crippen molar-refractivity contribution in [2.45, 2.75) is 63.6 Å². The largest absolute Gasteiger partial charge is 0.598 e. The molecule has 1 rings (SSSR count). The number of alkyl halides is 2. The summed E-state index contributed by atoms with van der Waals surface area (Å²) in [6, 6.07) is 6.03. The monoisotopic (exact) mass is 422 g/mol. The molecule has 3 unspecified atom stereocenters. The van der Waals surface area contributed by atoms with Gasteiger partial charge in [0.15, 0.2) is 0 Å². The van der Waals surface area contributed by atoms with Crippen LogP contribution in [0.2, 0.25) is 0 Å². The summed E-state index contributed by atoms with van der Waals surface area (Å²) in [5.74, 6) is 0.0941. The Hall–Kier alpha value is -0.870. The Morgan fingerprint density at radius 1 is 1.26 bits per heavy atom. The van der Waals surface area contributed by atoms with E-state index in [9.17, 15) is 17.9 Å². The summed E-state index contributed by atoms with van der Waals surface area (Å²) in [6.45, 7) is 6.46. The van der Waals surface area contributed by atoms with Gasteiger partial charge in [0.2, 0.25) is 0 Å². The minimum Gasteiger partial charge on any atom is -0.598 e. The lowest BCUT2D eigenvalue weighted by atomic mass is 9.89. The first-order valence-electron chi connectivity index (χ1n) is 8.53. The van der Waals surface area contributed by atoms with Gasteiger partial charge in [-0.2, -0.15) is 13.9 Å². The highest BCUT2D eigenvalue weighted by Gasteiger charge is 2.39. The van der Waals surface area contributed by atoms with Crippen LogP contribution in [0.4, 0.5) is 8.78 Å². The molecule has 1 aromatic rings. The van der Waals surface area contributed by atoms with Crippen LogP contribution in [0.1, 0.15) is 53.0 Å². The number of ether oxygens (including phenoxy) is 1. The van der Waals surface area contributed by atoms with Gasteiger partial charge in [-0.15, -0.1) is 0 Å². The summed E-state index contributed by atoms with van der Waals surface area (Å²) in [5, 5.41) is 5.56. The Balaban J connectivity index is 2.71. The molecule has 27 heavy (non-hydrogen) atoms. The summed E-state index contributed by atoms with van der Waals surface area (Å²) in [4.78, 5) is 0. The smallest absolute Gasteiger partial charge is 0.387 e. The van der Waals surface area contributed by atoms with E-state index < -0.39 is 38.8 Å². The zero-order chi connectivity index (χ0) is 20.8. The van der Waals surface area contributed by atoms with Gasteiger partial charge in [-0.05, 0) is 46.2 Å². The van der Waals surface area contributed by atoms with Crippen molar-refractivity contribution in [2.75, 3.05) is 0 Å². The van der Waals surface area contributed by atoms with Crippen molar-refractivity contribution in [1.82, 2.24) is 0 Å². The molecule has 0 saturated carbocycles. The highest BCUT2D eigenvalue weighted by atomic mass is 32.2. The van der Waals surface area contributed by atoms with Gasteiger partial charge in [0.1, 0.15) is 26.6 Å². The van der Waals surface area contributed by atoms with Crippen molar-refractivity contribution < 1.29 is 22.6 Å². The van der Waals surface area contributed by atoms with Gasteiger partial charge in [-0.1, -0.05) is 23.5 Å². The first kappa shape index (κ1) is 24.2. The summed E-state index contributed by atoms with van der Waals surface area (Å²) in [6.07, 6.45) is 2.69. The molecular weight excluding hydrogens is 394 g/mol. The SMILES string of the molecule is CC(CCC(C)(C)[S+]([O-])N=Cc1cccc(OC(F)F)c1)C(C)(C)[S+](N)[O-]. The maximum Gasteiger partial charge on any atom is 0.387 e. The second-order valence-electron chi connectivity index (χ2n) is 7.53. The van der Waals surface area contributed by atoms with Gasteiger partial charge in [0.05, 0.1) is 6.21 Å². The van der Waals surface area contributed by atoms with Crippen molar-refractivity contribution in [2.24, 2.45) is 15.5 Å². The molecule has 0 aliphatic carbocycles. The van der Waals surface area contributed by atoms with E-state index >= 15 is 0 Å². The van der Waals surface area contributed by atoms with Crippen LogP contribution >= 0.6 is 0 Å². The standard InChI is InChI=1S/C18H28F2N2O3S2/c1-13(18(4,5)26(21)23)9-10-17(2,3)27(24)22-12-14-7-6-8-15(11-14)25-16(19)20/h6-8,11-13,16H,9-10,21H2,1-5H3. The van der Waals surface area contributed by atoms with E-state index in [-0.39, 0.29) is 11.7 Å². The Morgan fingerprint density at radius 3 is 2.44 bits per heavy atom. The molecule has 0 spiro atoms. The van der Waals surface area contributed by atoms with Crippen LogP contribution in [-0.4, -0.2) is 31.4 Å². The highest BCUT2D eigenvalue weighted by Crippen LogP contribution is 2.32. The zero-order valence-electron chi connectivity index (χ0n) is 16.3. The summed E-state index contributed by atoms with van der Waals surface area (Å²) >= 11 is -2.98. The van der Waals surface area contributed by atoms with Crippen LogP contribution in [0.3, 0.4) is 0 Å². The van der Waals surface area contributed by atoms with Crippen molar-refractivity contribution in [1.29, 1.82) is 0 Å². The third-order valence-corrected chi connectivity index (χ3v) is 7.62. The lowest BCUT2D eigenvalue weighted by molar-refractivity contribution is -0.0498. The van der Waals surface area contributed by atoms with E-state index in [4.69, 9.17) is 5.14 Å². The summed E-state index contributed by atoms with van der Waals surface area (Å²) in [7, 11) is 0. The van der Waals surface area contributed by atoms with E-state index in [2.05, 4.69) is 9.13 Å². The predicted octanol–water partition coefficient (Wildman–Crippen LogP) is 3.97. The molecule has 2 N–H and O–H groups in total. The Labute approximate surface area is 166 Å². The Morgan fingerprint density at radius 2 is 1.89 bits per heavy atom. The van der Waals surface area contributed by atoms with Crippen molar-refractivity contribution in [3.05, 3.63) is 29.8 Å².